The van der Waals surface area contributed by atoms with Gasteiger partial charge in [-0.3, -0.25) is 14.6 Å². The summed E-state index contributed by atoms with van der Waals surface area (Å²) in [5, 5.41) is 3.11. The van der Waals surface area contributed by atoms with Gasteiger partial charge in [-0.1, -0.05) is 24.3 Å². The molecule has 1 aliphatic heterocycles. The van der Waals surface area contributed by atoms with Gasteiger partial charge in [-0.25, -0.2) is 4.39 Å². The van der Waals surface area contributed by atoms with E-state index >= 15 is 0 Å². The first-order valence-electron chi connectivity index (χ1n) is 12.4. The van der Waals surface area contributed by atoms with Gasteiger partial charge in [0.2, 0.25) is 5.91 Å². The van der Waals surface area contributed by atoms with Gasteiger partial charge in [0.15, 0.2) is 0 Å². The third-order valence-corrected chi connectivity index (χ3v) is 7.51. The molecule has 3 aromatic rings. The second-order valence-electron chi connectivity index (χ2n) is 9.75. The SMILES string of the molecule is O=C(NCCCc1ccncc1)C1CC12CCN(C(=O)c1cccc(-c3cccc(F)c3)c1)CC2. The van der Waals surface area contributed by atoms with E-state index in [-0.39, 0.29) is 29.0 Å². The average Bonchev–Trinajstić information content (AvgIpc) is 3.60. The van der Waals surface area contributed by atoms with Crippen LogP contribution in [-0.2, 0) is 11.2 Å². The third-order valence-electron chi connectivity index (χ3n) is 7.51. The van der Waals surface area contributed by atoms with Crippen molar-refractivity contribution in [2.75, 3.05) is 19.6 Å². The number of aromatic nitrogens is 1. The zero-order valence-corrected chi connectivity index (χ0v) is 19.8. The molecular formula is C29H30FN3O2. The van der Waals surface area contributed by atoms with Crippen LogP contribution >= 0.6 is 0 Å². The number of nitrogens with one attached hydrogen (secondary N) is 1. The standard InChI is InChI=1S/C29H30FN3O2/c30-25-8-2-6-23(19-25)22-5-1-7-24(18-22)28(35)33-16-11-29(12-17-33)20-26(29)27(34)32-13-3-4-21-9-14-31-15-10-21/h1-2,5-10,14-15,18-19,26H,3-4,11-13,16-17,20H2,(H,32,34). The maximum Gasteiger partial charge on any atom is 0.253 e. The molecule has 0 radical (unpaired) electrons. The Hall–Kier alpha value is -3.54. The number of aryl methyl sites for hydroxylation is 1. The van der Waals surface area contributed by atoms with Crippen molar-refractivity contribution in [3.05, 3.63) is 90.0 Å². The van der Waals surface area contributed by atoms with Crippen molar-refractivity contribution in [2.24, 2.45) is 11.3 Å². The molecule has 180 valence electrons. The molecule has 1 saturated carbocycles. The molecule has 1 atom stereocenters. The number of pyridine rings is 1. The molecule has 2 amide bonds. The zero-order valence-electron chi connectivity index (χ0n) is 19.8. The van der Waals surface area contributed by atoms with E-state index in [0.29, 0.717) is 25.2 Å². The van der Waals surface area contributed by atoms with Gasteiger partial charge in [0.05, 0.1) is 0 Å². The maximum atomic E-state index is 13.6. The fraction of sp³-hybridized carbons (Fsp3) is 0.345. The molecule has 2 fully saturated rings. The van der Waals surface area contributed by atoms with Crippen molar-refractivity contribution in [3.8, 4) is 11.1 Å². The molecule has 5 rings (SSSR count). The summed E-state index contributed by atoms with van der Waals surface area (Å²) < 4.78 is 13.6. The number of halogens is 1. The Kier molecular flexibility index (Phi) is 6.62. The second kappa shape index (κ2) is 9.98. The molecule has 2 aromatic carbocycles. The molecule has 1 saturated heterocycles. The first-order chi connectivity index (χ1) is 17.0. The first-order valence-corrected chi connectivity index (χ1v) is 12.4. The maximum absolute atomic E-state index is 13.6. The summed E-state index contributed by atoms with van der Waals surface area (Å²) in [6.45, 7) is 2.00. The van der Waals surface area contributed by atoms with Gasteiger partial charge >= 0.3 is 0 Å². The summed E-state index contributed by atoms with van der Waals surface area (Å²) in [5.74, 6) is -0.0764. The van der Waals surface area contributed by atoms with Gasteiger partial charge in [0, 0.05) is 43.5 Å². The van der Waals surface area contributed by atoms with E-state index in [1.54, 1.807) is 18.5 Å². The van der Waals surface area contributed by atoms with Gasteiger partial charge in [-0.05, 0) is 90.6 Å². The van der Waals surface area contributed by atoms with Crippen LogP contribution in [0.2, 0.25) is 0 Å². The zero-order chi connectivity index (χ0) is 24.3. The Morgan fingerprint density at radius 2 is 1.71 bits per heavy atom. The lowest BCUT2D eigenvalue weighted by Gasteiger charge is -2.33. The van der Waals surface area contributed by atoms with E-state index in [1.807, 2.05) is 47.4 Å². The Morgan fingerprint density at radius 3 is 2.46 bits per heavy atom. The highest BCUT2D eigenvalue weighted by Gasteiger charge is 2.58. The van der Waals surface area contributed by atoms with Crippen molar-refractivity contribution in [2.45, 2.75) is 32.1 Å². The highest BCUT2D eigenvalue weighted by atomic mass is 19.1. The first kappa shape index (κ1) is 23.2. The Balaban J connectivity index is 1.11. The van der Waals surface area contributed by atoms with E-state index in [2.05, 4.69) is 10.3 Å². The van der Waals surface area contributed by atoms with E-state index < -0.39 is 0 Å². The van der Waals surface area contributed by atoms with Gasteiger partial charge in [-0.15, -0.1) is 0 Å². The molecule has 6 heteroatoms. The minimum atomic E-state index is -0.294. The number of hydrogen-bond donors (Lipinski definition) is 1. The quantitative estimate of drug-likeness (QED) is 0.500. The minimum absolute atomic E-state index is 0.00383. The van der Waals surface area contributed by atoms with Crippen molar-refractivity contribution in [1.29, 1.82) is 0 Å². The van der Waals surface area contributed by atoms with E-state index in [9.17, 15) is 14.0 Å². The predicted octanol–water partition coefficient (Wildman–Crippen LogP) is 4.88. The molecule has 1 unspecified atom stereocenters. The summed E-state index contributed by atoms with van der Waals surface area (Å²) in [6.07, 6.45) is 8.05. The third kappa shape index (κ3) is 5.26. The molecule has 2 aliphatic rings. The van der Waals surface area contributed by atoms with Gasteiger partial charge in [-0.2, -0.15) is 0 Å². The Labute approximate surface area is 205 Å². The molecule has 0 bridgehead atoms. The Bertz CT molecular complexity index is 1210. The second-order valence-corrected chi connectivity index (χ2v) is 9.75. The number of likely N-dealkylation sites (tertiary alicyclic amines) is 1. The van der Waals surface area contributed by atoms with Crippen molar-refractivity contribution >= 4 is 11.8 Å². The highest BCUT2D eigenvalue weighted by molar-refractivity contribution is 5.95. The lowest BCUT2D eigenvalue weighted by Crippen LogP contribution is -2.40. The summed E-state index contributed by atoms with van der Waals surface area (Å²) in [7, 11) is 0. The van der Waals surface area contributed by atoms with E-state index in [1.165, 1.54) is 17.7 Å². The summed E-state index contributed by atoms with van der Waals surface area (Å²) in [5.41, 5.74) is 3.48. The fourth-order valence-corrected chi connectivity index (χ4v) is 5.29. The lowest BCUT2D eigenvalue weighted by molar-refractivity contribution is -0.123. The van der Waals surface area contributed by atoms with Gasteiger partial charge < -0.3 is 10.2 Å². The summed E-state index contributed by atoms with van der Waals surface area (Å²) >= 11 is 0. The molecule has 1 N–H and O–H groups in total. The van der Waals surface area contributed by atoms with Crippen LogP contribution in [0.5, 0.6) is 0 Å². The average molecular weight is 472 g/mol. The molecule has 2 heterocycles. The molecule has 1 aliphatic carbocycles. The lowest BCUT2D eigenvalue weighted by atomic mass is 9.90. The number of piperidine rings is 1. The number of amides is 2. The van der Waals surface area contributed by atoms with Gasteiger partial charge in [0.1, 0.15) is 5.82 Å². The van der Waals surface area contributed by atoms with Crippen LogP contribution in [0.4, 0.5) is 4.39 Å². The minimum Gasteiger partial charge on any atom is -0.356 e. The monoisotopic (exact) mass is 471 g/mol. The van der Waals surface area contributed by atoms with Crippen LogP contribution in [0.1, 0.15) is 41.6 Å². The van der Waals surface area contributed by atoms with E-state index in [0.717, 1.165) is 43.2 Å². The van der Waals surface area contributed by atoms with Crippen LogP contribution < -0.4 is 5.32 Å². The number of nitrogens with zero attached hydrogens (tertiary/aromatic N) is 2. The van der Waals surface area contributed by atoms with Crippen LogP contribution in [0.15, 0.2) is 73.1 Å². The summed E-state index contributed by atoms with van der Waals surface area (Å²) in [6, 6.07) is 17.8. The largest absolute Gasteiger partial charge is 0.356 e. The van der Waals surface area contributed by atoms with Crippen molar-refractivity contribution in [1.82, 2.24) is 15.2 Å². The smallest absolute Gasteiger partial charge is 0.253 e. The van der Waals surface area contributed by atoms with E-state index in [4.69, 9.17) is 0 Å². The Morgan fingerprint density at radius 1 is 1.00 bits per heavy atom. The van der Waals surface area contributed by atoms with Crippen LogP contribution in [0, 0.1) is 17.2 Å². The predicted molar refractivity (Wildman–Crippen MR) is 133 cm³/mol. The highest BCUT2D eigenvalue weighted by Crippen LogP contribution is 2.59. The van der Waals surface area contributed by atoms with Crippen LogP contribution in [0.3, 0.4) is 0 Å². The normalized spacial score (nSPS) is 18.3. The van der Waals surface area contributed by atoms with Crippen molar-refractivity contribution < 1.29 is 14.0 Å². The fourth-order valence-electron chi connectivity index (χ4n) is 5.29. The molecular weight excluding hydrogens is 441 g/mol. The summed E-state index contributed by atoms with van der Waals surface area (Å²) in [4.78, 5) is 31.8. The molecule has 1 spiro atoms. The van der Waals surface area contributed by atoms with Crippen LogP contribution in [0.25, 0.3) is 11.1 Å². The molecule has 1 aromatic heterocycles. The number of rotatable bonds is 7. The number of hydrogen-bond acceptors (Lipinski definition) is 3. The number of benzene rings is 2. The molecule has 35 heavy (non-hydrogen) atoms. The van der Waals surface area contributed by atoms with Crippen LogP contribution in [-0.4, -0.2) is 41.3 Å². The van der Waals surface area contributed by atoms with Crippen molar-refractivity contribution in [3.63, 3.8) is 0 Å². The molecule has 5 nitrogen and oxygen atoms in total. The van der Waals surface area contributed by atoms with Gasteiger partial charge in [0.25, 0.3) is 5.91 Å². The number of carbonyl (C=O) groups is 2. The topological polar surface area (TPSA) is 62.3 Å². The number of carbonyl (C=O) groups excluding carboxylic acids is 2.